The Hall–Kier alpha value is -2.66. The predicted molar refractivity (Wildman–Crippen MR) is 102 cm³/mol. The van der Waals surface area contributed by atoms with E-state index in [4.69, 9.17) is 4.74 Å². The maximum atomic E-state index is 14.3. The molecule has 0 saturated heterocycles. The molecule has 27 heavy (non-hydrogen) atoms. The van der Waals surface area contributed by atoms with Gasteiger partial charge >= 0.3 is 0 Å². The first-order valence-electron chi connectivity index (χ1n) is 8.89. The summed E-state index contributed by atoms with van der Waals surface area (Å²) in [5, 5.41) is 11.0. The number of carbonyl (C=O) groups excluding carboxylic acids is 1. The highest BCUT2D eigenvalue weighted by Crippen LogP contribution is 2.37. The van der Waals surface area contributed by atoms with Crippen LogP contribution >= 0.6 is 0 Å². The number of carbonyl (C=O) groups is 1. The summed E-state index contributed by atoms with van der Waals surface area (Å²) in [6.45, 7) is 7.13. The summed E-state index contributed by atoms with van der Waals surface area (Å²) in [4.78, 5) is 14.7. The van der Waals surface area contributed by atoms with Gasteiger partial charge in [0.05, 0.1) is 11.1 Å². The van der Waals surface area contributed by atoms with Gasteiger partial charge in [0.2, 0.25) is 0 Å². The van der Waals surface area contributed by atoms with Gasteiger partial charge in [-0.05, 0) is 44.9 Å². The highest BCUT2D eigenvalue weighted by atomic mass is 19.1. The van der Waals surface area contributed by atoms with Crippen LogP contribution in [-0.4, -0.2) is 28.2 Å². The number of hydrogen-bond acceptors (Lipinski definition) is 3. The van der Waals surface area contributed by atoms with E-state index < -0.39 is 17.5 Å². The zero-order valence-corrected chi connectivity index (χ0v) is 16.0. The standard InChI is InChI=1S/C22H24FNO3/c1-14-9-5-6-10-16(14)20(25)22(3,4)24-13-27-15(2)19(21(24)26)17-11-7-8-12-18(17)23/h5-12,20,25H,13H2,1-4H3. The van der Waals surface area contributed by atoms with Crippen LogP contribution in [0.2, 0.25) is 0 Å². The molecule has 0 radical (unpaired) electrons. The van der Waals surface area contributed by atoms with Crippen LogP contribution in [0.25, 0.3) is 5.57 Å². The van der Waals surface area contributed by atoms with Crippen molar-refractivity contribution in [2.24, 2.45) is 0 Å². The van der Waals surface area contributed by atoms with Gasteiger partial charge in [0.1, 0.15) is 17.7 Å². The lowest BCUT2D eigenvalue weighted by molar-refractivity contribution is -0.146. The maximum Gasteiger partial charge on any atom is 0.261 e. The van der Waals surface area contributed by atoms with Gasteiger partial charge in [0.15, 0.2) is 6.73 Å². The second-order valence-electron chi connectivity index (χ2n) is 7.33. The van der Waals surface area contributed by atoms with Crippen LogP contribution < -0.4 is 0 Å². The fourth-order valence-corrected chi connectivity index (χ4v) is 3.40. The number of nitrogens with zero attached hydrogens (tertiary/aromatic N) is 1. The zero-order chi connectivity index (χ0) is 19.8. The van der Waals surface area contributed by atoms with E-state index in [2.05, 4.69) is 0 Å². The smallest absolute Gasteiger partial charge is 0.261 e. The third-order valence-corrected chi connectivity index (χ3v) is 5.21. The lowest BCUT2D eigenvalue weighted by Gasteiger charge is -2.44. The Labute approximate surface area is 158 Å². The van der Waals surface area contributed by atoms with Gasteiger partial charge in [-0.3, -0.25) is 9.69 Å². The number of aryl methyl sites for hydroxylation is 1. The Morgan fingerprint density at radius 1 is 1.11 bits per heavy atom. The number of halogens is 1. The third kappa shape index (κ3) is 3.35. The molecule has 2 aromatic carbocycles. The number of rotatable bonds is 4. The molecule has 1 unspecified atom stereocenters. The molecule has 1 heterocycles. The van der Waals surface area contributed by atoms with Crippen molar-refractivity contribution in [3.8, 4) is 0 Å². The van der Waals surface area contributed by atoms with E-state index in [9.17, 15) is 14.3 Å². The molecule has 1 aliphatic heterocycles. The van der Waals surface area contributed by atoms with Crippen LogP contribution in [0.1, 0.15) is 43.6 Å². The average molecular weight is 369 g/mol. The number of ether oxygens (including phenoxy) is 1. The molecule has 1 atom stereocenters. The molecule has 3 rings (SSSR count). The first-order valence-corrected chi connectivity index (χ1v) is 8.89. The number of amides is 1. The number of aliphatic hydroxyl groups is 1. The lowest BCUT2D eigenvalue weighted by Crippen LogP contribution is -2.54. The Morgan fingerprint density at radius 2 is 1.74 bits per heavy atom. The highest BCUT2D eigenvalue weighted by Gasteiger charge is 2.43. The van der Waals surface area contributed by atoms with E-state index >= 15 is 0 Å². The van der Waals surface area contributed by atoms with Crippen molar-refractivity contribution < 1.29 is 19.0 Å². The molecule has 1 aliphatic rings. The molecule has 0 spiro atoms. The van der Waals surface area contributed by atoms with Crippen LogP contribution in [0.4, 0.5) is 4.39 Å². The second-order valence-corrected chi connectivity index (χ2v) is 7.33. The van der Waals surface area contributed by atoms with E-state index in [1.807, 2.05) is 31.2 Å². The molecule has 0 aromatic heterocycles. The minimum absolute atomic E-state index is 0.00143. The van der Waals surface area contributed by atoms with E-state index in [1.165, 1.54) is 11.0 Å². The van der Waals surface area contributed by atoms with Crippen LogP contribution in [0, 0.1) is 12.7 Å². The lowest BCUT2D eigenvalue weighted by atomic mass is 9.86. The minimum Gasteiger partial charge on any atom is -0.477 e. The molecule has 2 aromatic rings. The molecule has 0 bridgehead atoms. The number of benzene rings is 2. The van der Waals surface area contributed by atoms with E-state index in [0.717, 1.165) is 11.1 Å². The summed E-state index contributed by atoms with van der Waals surface area (Å²) < 4.78 is 20.0. The van der Waals surface area contributed by atoms with Gasteiger partial charge in [-0.1, -0.05) is 42.5 Å². The molecule has 0 fully saturated rings. The molecule has 142 valence electrons. The van der Waals surface area contributed by atoms with Gasteiger partial charge in [0.25, 0.3) is 5.91 Å². The first-order chi connectivity index (χ1) is 12.7. The first kappa shape index (κ1) is 19.1. The molecular formula is C22H24FNO3. The van der Waals surface area contributed by atoms with E-state index in [-0.39, 0.29) is 23.8 Å². The highest BCUT2D eigenvalue weighted by molar-refractivity contribution is 6.20. The monoisotopic (exact) mass is 369 g/mol. The van der Waals surface area contributed by atoms with Crippen molar-refractivity contribution in [2.45, 2.75) is 39.3 Å². The van der Waals surface area contributed by atoms with Crippen molar-refractivity contribution >= 4 is 11.5 Å². The second kappa shape index (κ2) is 7.16. The van der Waals surface area contributed by atoms with Crippen molar-refractivity contribution in [3.63, 3.8) is 0 Å². The fraction of sp³-hybridized carbons (Fsp3) is 0.318. The van der Waals surface area contributed by atoms with Crippen molar-refractivity contribution in [2.75, 3.05) is 6.73 Å². The van der Waals surface area contributed by atoms with E-state index in [1.54, 1.807) is 39.0 Å². The SMILES string of the molecule is CC1=C(c2ccccc2F)C(=O)N(C(C)(C)C(O)c2ccccc2C)CO1. The van der Waals surface area contributed by atoms with E-state index in [0.29, 0.717) is 5.76 Å². The Balaban J connectivity index is 1.99. The summed E-state index contributed by atoms with van der Waals surface area (Å²) in [5.41, 5.74) is 1.11. The van der Waals surface area contributed by atoms with Gasteiger partial charge in [-0.15, -0.1) is 0 Å². The molecule has 5 heteroatoms. The quantitative estimate of drug-likeness (QED) is 0.879. The van der Waals surface area contributed by atoms with Crippen LogP contribution in [0.5, 0.6) is 0 Å². The third-order valence-electron chi connectivity index (χ3n) is 5.21. The summed E-state index contributed by atoms with van der Waals surface area (Å²) in [7, 11) is 0. The molecule has 1 amide bonds. The van der Waals surface area contributed by atoms with Gasteiger partial charge in [-0.25, -0.2) is 4.39 Å². The molecule has 0 saturated carbocycles. The van der Waals surface area contributed by atoms with Gasteiger partial charge < -0.3 is 9.84 Å². The number of aliphatic hydroxyl groups excluding tert-OH is 1. The molecule has 0 aliphatic carbocycles. The summed E-state index contributed by atoms with van der Waals surface area (Å²) in [6, 6.07) is 13.6. The number of hydrogen-bond donors (Lipinski definition) is 1. The van der Waals surface area contributed by atoms with Crippen LogP contribution in [0.3, 0.4) is 0 Å². The van der Waals surface area contributed by atoms with Crippen molar-refractivity contribution in [1.82, 2.24) is 4.90 Å². The van der Waals surface area contributed by atoms with Crippen LogP contribution in [-0.2, 0) is 9.53 Å². The Kier molecular flexibility index (Phi) is 5.07. The van der Waals surface area contributed by atoms with Gasteiger partial charge in [-0.2, -0.15) is 0 Å². The minimum atomic E-state index is -0.958. The Morgan fingerprint density at radius 3 is 2.41 bits per heavy atom. The topological polar surface area (TPSA) is 49.8 Å². The fourth-order valence-electron chi connectivity index (χ4n) is 3.40. The zero-order valence-electron chi connectivity index (χ0n) is 16.0. The molecule has 1 N–H and O–H groups in total. The summed E-state index contributed by atoms with van der Waals surface area (Å²) in [5.74, 6) is -0.466. The average Bonchev–Trinajstić information content (AvgIpc) is 2.63. The molecule has 4 nitrogen and oxygen atoms in total. The van der Waals surface area contributed by atoms with Crippen molar-refractivity contribution in [3.05, 3.63) is 76.8 Å². The van der Waals surface area contributed by atoms with Crippen molar-refractivity contribution in [1.29, 1.82) is 0 Å². The summed E-state index contributed by atoms with van der Waals surface area (Å²) >= 11 is 0. The van der Waals surface area contributed by atoms with Gasteiger partial charge in [0, 0.05) is 5.56 Å². The molecular weight excluding hydrogens is 345 g/mol. The number of allylic oxidation sites excluding steroid dienone is 1. The Bertz CT molecular complexity index is 904. The normalized spacial score (nSPS) is 16.4. The van der Waals surface area contributed by atoms with Crippen LogP contribution in [0.15, 0.2) is 54.3 Å². The predicted octanol–water partition coefficient (Wildman–Crippen LogP) is 4.19. The summed E-state index contributed by atoms with van der Waals surface area (Å²) in [6.07, 6.45) is -0.925. The largest absolute Gasteiger partial charge is 0.477 e. The maximum absolute atomic E-state index is 14.3.